The zero-order chi connectivity index (χ0) is 24.8. The van der Waals surface area contributed by atoms with Gasteiger partial charge in [-0.15, -0.1) is 0 Å². The van der Waals surface area contributed by atoms with Gasteiger partial charge >= 0.3 is 6.61 Å². The predicted octanol–water partition coefficient (Wildman–Crippen LogP) is 4.12. The van der Waals surface area contributed by atoms with E-state index in [1.165, 1.54) is 12.1 Å². The summed E-state index contributed by atoms with van der Waals surface area (Å²) in [5.41, 5.74) is 2.84. The Hall–Kier alpha value is -3.63. The van der Waals surface area contributed by atoms with Crippen LogP contribution in [0.4, 0.5) is 19.0 Å². The van der Waals surface area contributed by atoms with Crippen LogP contribution in [0.15, 0.2) is 54.9 Å². The molecular weight excluding hydrogens is 471 g/mol. The number of pyridine rings is 2. The van der Waals surface area contributed by atoms with Gasteiger partial charge in [0.05, 0.1) is 17.5 Å². The van der Waals surface area contributed by atoms with E-state index in [-0.39, 0.29) is 12.2 Å². The largest absolute Gasteiger partial charge is 0.435 e. The summed E-state index contributed by atoms with van der Waals surface area (Å²) in [6.45, 7) is 0.511. The van der Waals surface area contributed by atoms with Gasteiger partial charge in [0.2, 0.25) is 0 Å². The number of hydrogen-bond acceptors (Lipinski definition) is 6. The van der Waals surface area contributed by atoms with E-state index >= 15 is 4.39 Å². The highest BCUT2D eigenvalue weighted by atomic mass is 19.3. The highest BCUT2D eigenvalue weighted by molar-refractivity contribution is 5.67. The summed E-state index contributed by atoms with van der Waals surface area (Å²) in [6, 6.07) is 11.6. The second-order valence-electron chi connectivity index (χ2n) is 9.01. The maximum absolute atomic E-state index is 15.2. The van der Waals surface area contributed by atoms with Gasteiger partial charge in [-0.25, -0.2) is 14.4 Å². The van der Waals surface area contributed by atoms with Crippen molar-refractivity contribution in [2.45, 2.75) is 25.1 Å². The molecule has 1 saturated heterocycles. The molecule has 2 aliphatic rings. The summed E-state index contributed by atoms with van der Waals surface area (Å²) in [5, 5.41) is 14.0. The first-order valence-electron chi connectivity index (χ1n) is 11.8. The molecule has 1 aliphatic carbocycles. The van der Waals surface area contributed by atoms with Gasteiger partial charge in [0.1, 0.15) is 23.0 Å². The molecular formula is C26H24F3N5O2. The Bertz CT molecular complexity index is 1400. The van der Waals surface area contributed by atoms with E-state index in [2.05, 4.69) is 20.2 Å². The van der Waals surface area contributed by atoms with Crippen LogP contribution < -0.4 is 15.0 Å². The summed E-state index contributed by atoms with van der Waals surface area (Å²) in [6.07, 6.45) is 2.64. The maximum atomic E-state index is 15.2. The molecule has 0 saturated carbocycles. The molecule has 1 aromatic carbocycles. The molecule has 10 heteroatoms. The number of hydrogen-bond donors (Lipinski definition) is 2. The van der Waals surface area contributed by atoms with E-state index in [0.717, 1.165) is 32.0 Å². The van der Waals surface area contributed by atoms with Crippen molar-refractivity contribution >= 4 is 11.5 Å². The Morgan fingerprint density at radius 2 is 1.92 bits per heavy atom. The van der Waals surface area contributed by atoms with Crippen molar-refractivity contribution in [2.24, 2.45) is 0 Å². The molecule has 0 bridgehead atoms. The van der Waals surface area contributed by atoms with Crippen molar-refractivity contribution in [1.82, 2.24) is 19.7 Å². The minimum absolute atomic E-state index is 0.0440. The van der Waals surface area contributed by atoms with Gasteiger partial charge in [0.25, 0.3) is 0 Å². The zero-order valence-electron chi connectivity index (χ0n) is 19.2. The Morgan fingerprint density at radius 3 is 2.67 bits per heavy atom. The summed E-state index contributed by atoms with van der Waals surface area (Å²) < 4.78 is 47.8. The van der Waals surface area contributed by atoms with Crippen LogP contribution in [0, 0.1) is 5.82 Å². The van der Waals surface area contributed by atoms with Crippen molar-refractivity contribution in [3.63, 3.8) is 0 Å². The number of halogens is 3. The van der Waals surface area contributed by atoms with Gasteiger partial charge < -0.3 is 24.5 Å². The molecule has 2 unspecified atom stereocenters. The van der Waals surface area contributed by atoms with Crippen LogP contribution in [-0.2, 0) is 0 Å². The van der Waals surface area contributed by atoms with E-state index in [1.807, 2.05) is 12.1 Å². The minimum atomic E-state index is -2.98. The third-order valence-corrected chi connectivity index (χ3v) is 6.89. The Labute approximate surface area is 205 Å². The molecule has 0 spiro atoms. The SMILES string of the molecule is OC1CC(c2ccccc2OC(F)F)c2c1nc1cc(F)c(-c3ccc(N4CCNCC4)nc3)cn21. The van der Waals surface area contributed by atoms with E-state index in [9.17, 15) is 13.9 Å². The van der Waals surface area contributed by atoms with Crippen molar-refractivity contribution < 1.29 is 23.0 Å². The number of fused-ring (bicyclic) bond motifs is 3. The second kappa shape index (κ2) is 9.11. The highest BCUT2D eigenvalue weighted by Crippen LogP contribution is 2.47. The van der Waals surface area contributed by atoms with E-state index < -0.39 is 24.5 Å². The lowest BCUT2D eigenvalue weighted by Crippen LogP contribution is -2.43. The molecule has 186 valence electrons. The fourth-order valence-corrected chi connectivity index (χ4v) is 5.22. The highest BCUT2D eigenvalue weighted by Gasteiger charge is 2.37. The van der Waals surface area contributed by atoms with Gasteiger partial charge in [0, 0.05) is 67.2 Å². The molecule has 36 heavy (non-hydrogen) atoms. The van der Waals surface area contributed by atoms with Crippen LogP contribution in [0.5, 0.6) is 5.75 Å². The monoisotopic (exact) mass is 495 g/mol. The molecule has 2 atom stereocenters. The number of para-hydroxylation sites is 1. The summed E-state index contributed by atoms with van der Waals surface area (Å²) >= 11 is 0. The first-order valence-corrected chi connectivity index (χ1v) is 11.8. The quantitative estimate of drug-likeness (QED) is 0.434. The molecule has 1 fully saturated rings. The van der Waals surface area contributed by atoms with Crippen LogP contribution in [0.3, 0.4) is 0 Å². The van der Waals surface area contributed by atoms with E-state index in [1.54, 1.807) is 35.0 Å². The molecule has 4 aromatic rings. The smallest absolute Gasteiger partial charge is 0.387 e. The van der Waals surface area contributed by atoms with Gasteiger partial charge in [0.15, 0.2) is 0 Å². The van der Waals surface area contributed by atoms with Crippen molar-refractivity contribution in [3.05, 3.63) is 77.6 Å². The number of alkyl halides is 2. The van der Waals surface area contributed by atoms with Gasteiger partial charge in [-0.3, -0.25) is 0 Å². The second-order valence-corrected chi connectivity index (χ2v) is 9.01. The Kier molecular flexibility index (Phi) is 5.77. The third kappa shape index (κ3) is 3.96. The standard InChI is InChI=1S/C26H24F3N5O2/c27-19-12-23-32-24-20(35)11-17(16-3-1-2-4-21(16)36-26(28)29)25(24)34(23)14-18(19)15-5-6-22(31-13-15)33-9-7-30-8-10-33/h1-6,12-14,17,20,26,30,35H,7-11H2. The van der Waals surface area contributed by atoms with E-state index in [4.69, 9.17) is 4.74 Å². The number of aromatic nitrogens is 3. The molecule has 7 nitrogen and oxygen atoms in total. The lowest BCUT2D eigenvalue weighted by molar-refractivity contribution is -0.0506. The van der Waals surface area contributed by atoms with Gasteiger partial charge in [-0.05, 0) is 24.6 Å². The first kappa shape index (κ1) is 22.8. The minimum Gasteiger partial charge on any atom is -0.435 e. The predicted molar refractivity (Wildman–Crippen MR) is 128 cm³/mol. The number of aliphatic hydroxyl groups excluding tert-OH is 1. The Balaban J connectivity index is 1.41. The number of nitrogens with zero attached hydrogens (tertiary/aromatic N) is 4. The summed E-state index contributed by atoms with van der Waals surface area (Å²) in [4.78, 5) is 11.2. The number of benzene rings is 1. The van der Waals surface area contributed by atoms with Crippen LogP contribution in [0.25, 0.3) is 16.8 Å². The third-order valence-electron chi connectivity index (χ3n) is 6.89. The number of piperazine rings is 1. The molecule has 0 amide bonds. The molecule has 2 N–H and O–H groups in total. The molecule has 1 aliphatic heterocycles. The van der Waals surface area contributed by atoms with Crippen LogP contribution in [0.1, 0.15) is 35.4 Å². The number of imidazole rings is 1. The molecule has 0 radical (unpaired) electrons. The van der Waals surface area contributed by atoms with Gasteiger partial charge in [-0.1, -0.05) is 18.2 Å². The molecule has 3 aromatic heterocycles. The first-order chi connectivity index (χ1) is 17.5. The number of rotatable bonds is 5. The fourth-order valence-electron chi connectivity index (χ4n) is 5.22. The van der Waals surface area contributed by atoms with Crippen LogP contribution in [-0.4, -0.2) is 52.3 Å². The Morgan fingerprint density at radius 1 is 1.11 bits per heavy atom. The fraction of sp³-hybridized carbons (Fsp3) is 0.308. The average Bonchev–Trinajstić information content (AvgIpc) is 3.41. The summed E-state index contributed by atoms with van der Waals surface area (Å²) in [7, 11) is 0. The number of aliphatic hydroxyl groups is 1. The lowest BCUT2D eigenvalue weighted by atomic mass is 9.95. The maximum Gasteiger partial charge on any atom is 0.387 e. The van der Waals surface area contributed by atoms with Crippen molar-refractivity contribution in [1.29, 1.82) is 0 Å². The van der Waals surface area contributed by atoms with Gasteiger partial charge in [-0.2, -0.15) is 8.78 Å². The van der Waals surface area contributed by atoms with Crippen molar-refractivity contribution in [3.8, 4) is 16.9 Å². The molecule has 6 rings (SSSR count). The number of nitrogens with one attached hydrogen (secondary N) is 1. The van der Waals surface area contributed by atoms with Crippen LogP contribution >= 0.6 is 0 Å². The lowest BCUT2D eigenvalue weighted by Gasteiger charge is -2.28. The number of ether oxygens (including phenoxy) is 1. The van der Waals surface area contributed by atoms with E-state index in [0.29, 0.717) is 33.7 Å². The van der Waals surface area contributed by atoms with Crippen LogP contribution in [0.2, 0.25) is 0 Å². The van der Waals surface area contributed by atoms with Crippen molar-refractivity contribution in [2.75, 3.05) is 31.1 Å². The zero-order valence-corrected chi connectivity index (χ0v) is 19.2. The molecule has 4 heterocycles. The summed E-state index contributed by atoms with van der Waals surface area (Å²) in [5.74, 6) is -0.0338. The normalized spacial score (nSPS) is 19.8. The average molecular weight is 496 g/mol. The number of anilines is 1. The topological polar surface area (TPSA) is 74.9 Å².